The normalized spacial score (nSPS) is 23.5. The van der Waals surface area contributed by atoms with Crippen molar-refractivity contribution in [3.05, 3.63) is 60.8 Å². The van der Waals surface area contributed by atoms with Crippen LogP contribution in [0.25, 0.3) is 0 Å². The molecule has 14 heteroatoms. The predicted molar refractivity (Wildman–Crippen MR) is 360 cm³/mol. The Morgan fingerprint density at radius 1 is 0.409 bits per heavy atom. The highest BCUT2D eigenvalue weighted by atomic mass is 16.7. The molecule has 14 nitrogen and oxygen atoms in total. The number of rotatable bonds is 60. The summed E-state index contributed by atoms with van der Waals surface area (Å²) in [5, 5.41) is 87.4. The highest BCUT2D eigenvalue weighted by Gasteiger charge is 2.51. The lowest BCUT2D eigenvalue weighted by Crippen LogP contribution is -2.65. The Kier molecular flexibility index (Phi) is 54.4. The fourth-order valence-corrected chi connectivity index (χ4v) is 11.8. The van der Waals surface area contributed by atoms with Gasteiger partial charge in [0.25, 0.3) is 0 Å². The van der Waals surface area contributed by atoms with E-state index in [2.05, 4.69) is 67.8 Å². The van der Waals surface area contributed by atoms with Crippen molar-refractivity contribution in [2.75, 3.05) is 19.8 Å². The Morgan fingerprint density at radius 3 is 1.19 bits per heavy atom. The van der Waals surface area contributed by atoms with E-state index in [0.717, 1.165) is 44.9 Å². The van der Waals surface area contributed by atoms with Gasteiger partial charge in [0.15, 0.2) is 12.6 Å². The average molecular weight is 1250 g/mol. The fourth-order valence-electron chi connectivity index (χ4n) is 11.8. The van der Waals surface area contributed by atoms with Gasteiger partial charge in [-0.3, -0.25) is 4.79 Å². The van der Waals surface area contributed by atoms with Crippen LogP contribution in [0.1, 0.15) is 309 Å². The second-order valence-corrected chi connectivity index (χ2v) is 25.7. The molecule has 0 spiro atoms. The molecule has 2 heterocycles. The molecule has 2 aliphatic heterocycles. The summed E-state index contributed by atoms with van der Waals surface area (Å²) < 4.78 is 22.8. The van der Waals surface area contributed by atoms with Crippen LogP contribution < -0.4 is 5.32 Å². The van der Waals surface area contributed by atoms with Crippen molar-refractivity contribution in [2.24, 2.45) is 0 Å². The highest BCUT2D eigenvalue weighted by Crippen LogP contribution is 2.30. The Balaban J connectivity index is 1.63. The molecular weight excluding hydrogens is 1110 g/mol. The third kappa shape index (κ3) is 42.0. The molecule has 0 aromatic carbocycles. The zero-order valence-corrected chi connectivity index (χ0v) is 56.0. The topological polar surface area (TPSA) is 228 Å². The quantitative estimate of drug-likeness (QED) is 0.0204. The third-order valence-corrected chi connectivity index (χ3v) is 17.7. The van der Waals surface area contributed by atoms with Crippen LogP contribution in [-0.2, 0) is 23.7 Å². The number of nitrogens with one attached hydrogen (secondary N) is 1. The molecule has 88 heavy (non-hydrogen) atoms. The number of allylic oxidation sites excluding steroid dienone is 9. The number of hydrogen-bond acceptors (Lipinski definition) is 13. The lowest BCUT2D eigenvalue weighted by atomic mass is 9.97. The van der Waals surface area contributed by atoms with Crippen LogP contribution in [-0.4, -0.2) is 140 Å². The Hall–Kier alpha value is -2.31. The first-order valence-corrected chi connectivity index (χ1v) is 36.5. The van der Waals surface area contributed by atoms with Gasteiger partial charge in [0.05, 0.1) is 32.0 Å². The molecule has 0 aromatic rings. The Morgan fingerprint density at radius 2 is 0.761 bits per heavy atom. The molecule has 12 atom stereocenters. The molecule has 0 bridgehead atoms. The van der Waals surface area contributed by atoms with E-state index in [-0.39, 0.29) is 18.9 Å². The summed E-state index contributed by atoms with van der Waals surface area (Å²) in [6, 6.07) is -0.933. The molecule has 0 saturated carbocycles. The molecule has 12 unspecified atom stereocenters. The van der Waals surface area contributed by atoms with Gasteiger partial charge in [-0.25, -0.2) is 0 Å². The van der Waals surface area contributed by atoms with Crippen LogP contribution in [0, 0.1) is 0 Å². The van der Waals surface area contributed by atoms with E-state index in [1.165, 1.54) is 231 Å². The maximum Gasteiger partial charge on any atom is 0.220 e. The van der Waals surface area contributed by atoms with Gasteiger partial charge in [0.1, 0.15) is 48.8 Å². The van der Waals surface area contributed by atoms with Gasteiger partial charge in [0.2, 0.25) is 5.91 Å². The predicted octanol–water partition coefficient (Wildman–Crippen LogP) is 15.2. The molecule has 2 fully saturated rings. The van der Waals surface area contributed by atoms with Crippen LogP contribution in [0.5, 0.6) is 0 Å². The van der Waals surface area contributed by atoms with Crippen LogP contribution in [0.3, 0.4) is 0 Å². The van der Waals surface area contributed by atoms with Gasteiger partial charge in [0, 0.05) is 6.42 Å². The second-order valence-electron chi connectivity index (χ2n) is 25.7. The van der Waals surface area contributed by atoms with Crippen LogP contribution in [0.2, 0.25) is 0 Å². The van der Waals surface area contributed by atoms with Gasteiger partial charge in [-0.1, -0.05) is 293 Å². The van der Waals surface area contributed by atoms with Gasteiger partial charge in [-0.2, -0.15) is 0 Å². The van der Waals surface area contributed by atoms with Crippen molar-refractivity contribution < 1.29 is 64.6 Å². The monoisotopic (exact) mass is 1250 g/mol. The number of aliphatic hydroxyl groups is 8. The lowest BCUT2D eigenvalue weighted by Gasteiger charge is -2.46. The maximum absolute atomic E-state index is 13.3. The van der Waals surface area contributed by atoms with Crippen molar-refractivity contribution >= 4 is 5.91 Å². The first-order chi connectivity index (χ1) is 43.1. The number of carbonyl (C=O) groups excluding carboxylic acids is 1. The molecule has 1 amide bonds. The lowest BCUT2D eigenvalue weighted by molar-refractivity contribution is -0.359. The van der Waals surface area contributed by atoms with Gasteiger partial charge >= 0.3 is 0 Å². The molecule has 2 aliphatic rings. The van der Waals surface area contributed by atoms with E-state index in [1.54, 1.807) is 6.08 Å². The third-order valence-electron chi connectivity index (χ3n) is 17.7. The summed E-state index contributed by atoms with van der Waals surface area (Å²) in [5.41, 5.74) is 0. The SMILES string of the molecule is CCCCCCC/C=C\C/C=C\C/C=C\CCCCCCCCCCCCCCCCCCCCCCC(=O)NC(COC1OC(CO)C(OC2OC(CO)C(O)C(O)C2O)C(O)C1O)C(O)/C=C/CC/C=C/CCCCCCCCCCCCCCC. The molecule has 2 rings (SSSR count). The Labute approximate surface area is 536 Å². The minimum Gasteiger partial charge on any atom is -0.394 e. The summed E-state index contributed by atoms with van der Waals surface area (Å²) in [6.45, 7) is 2.80. The number of ether oxygens (including phenoxy) is 4. The van der Waals surface area contributed by atoms with E-state index in [4.69, 9.17) is 18.9 Å². The van der Waals surface area contributed by atoms with E-state index in [9.17, 15) is 45.6 Å². The van der Waals surface area contributed by atoms with Crippen molar-refractivity contribution in [1.82, 2.24) is 5.32 Å². The molecule has 0 radical (unpaired) electrons. The van der Waals surface area contributed by atoms with E-state index < -0.39 is 86.8 Å². The molecule has 514 valence electrons. The van der Waals surface area contributed by atoms with Gasteiger partial charge in [-0.15, -0.1) is 0 Å². The molecule has 0 aliphatic carbocycles. The van der Waals surface area contributed by atoms with E-state index >= 15 is 0 Å². The number of aliphatic hydroxyl groups excluding tert-OH is 8. The van der Waals surface area contributed by atoms with Crippen LogP contribution >= 0.6 is 0 Å². The second kappa shape index (κ2) is 58.5. The molecule has 2 saturated heterocycles. The minimum absolute atomic E-state index is 0.245. The smallest absolute Gasteiger partial charge is 0.220 e. The van der Waals surface area contributed by atoms with Crippen LogP contribution in [0.15, 0.2) is 60.8 Å². The highest BCUT2D eigenvalue weighted by molar-refractivity contribution is 5.76. The first-order valence-electron chi connectivity index (χ1n) is 36.5. The van der Waals surface area contributed by atoms with E-state index in [1.807, 2.05) is 6.08 Å². The van der Waals surface area contributed by atoms with E-state index in [0.29, 0.717) is 12.8 Å². The summed E-state index contributed by atoms with van der Waals surface area (Å²) in [5.74, 6) is -0.245. The molecule has 9 N–H and O–H groups in total. The van der Waals surface area contributed by atoms with Crippen molar-refractivity contribution in [3.8, 4) is 0 Å². The summed E-state index contributed by atoms with van der Waals surface area (Å²) in [6.07, 6.45) is 61.5. The molecular formula is C74H135NO13. The number of amides is 1. The van der Waals surface area contributed by atoms with Crippen LogP contribution in [0.4, 0.5) is 0 Å². The van der Waals surface area contributed by atoms with Crippen molar-refractivity contribution in [2.45, 2.75) is 383 Å². The number of carbonyl (C=O) groups is 1. The minimum atomic E-state index is -1.79. The van der Waals surface area contributed by atoms with Crippen molar-refractivity contribution in [1.29, 1.82) is 0 Å². The van der Waals surface area contributed by atoms with Gasteiger partial charge in [-0.05, 0) is 70.6 Å². The van der Waals surface area contributed by atoms with Gasteiger partial charge < -0.3 is 65.1 Å². The zero-order chi connectivity index (χ0) is 63.8. The average Bonchev–Trinajstić information content (AvgIpc) is 1.84. The Bertz CT molecular complexity index is 1710. The number of unbranched alkanes of at least 4 members (excludes halogenated alkanes) is 39. The maximum atomic E-state index is 13.3. The summed E-state index contributed by atoms with van der Waals surface area (Å²) in [4.78, 5) is 13.3. The number of hydrogen-bond donors (Lipinski definition) is 9. The fraction of sp³-hybridized carbons (Fsp3) is 0.851. The first kappa shape index (κ1) is 81.8. The summed E-state index contributed by atoms with van der Waals surface area (Å²) >= 11 is 0. The zero-order valence-electron chi connectivity index (χ0n) is 56.0. The van der Waals surface area contributed by atoms with Crippen molar-refractivity contribution in [3.63, 3.8) is 0 Å². The largest absolute Gasteiger partial charge is 0.394 e. The summed E-state index contributed by atoms with van der Waals surface area (Å²) in [7, 11) is 0. The standard InChI is InChI=1S/C74H135NO13/c1-3-5-7-9-11-13-15-17-19-21-23-24-25-26-27-28-29-30-31-32-33-34-35-36-37-38-40-42-44-46-48-50-52-54-56-58-66(79)75-62(63(78)57-55-53-51-49-47-45-43-41-39-22-20-18-16-14-12-10-8-6-4-2)61-85-73-71(84)69(82)72(65(60-77)87-73)88-74-70(83)68(81)67(80)64(59-76)86-74/h15,17,21,23,25-26,47,49,55,57,62-65,67-74,76-78,80-84H,3-14,16,18-20,22,24,27-46,48,50-54,56,58-61H2,1-2H3,(H,75,79)/b17-15-,23-21-,26-25-,49-47+,57-55+. The molecule has 0 aromatic heterocycles.